The standard InChI is InChI=1S/C19H26N2O/c1-3-4-5-6-7-8-9-17-14-21-19(15-20-17)16-10-12-18(22-2)13-11-16/h10-15H,3-9H2,1-2H3. The molecule has 0 saturated heterocycles. The maximum atomic E-state index is 5.17. The van der Waals surface area contributed by atoms with E-state index in [0.29, 0.717) is 0 Å². The number of aromatic nitrogens is 2. The minimum absolute atomic E-state index is 0.858. The highest BCUT2D eigenvalue weighted by Crippen LogP contribution is 2.20. The Labute approximate surface area is 133 Å². The van der Waals surface area contributed by atoms with E-state index in [1.54, 1.807) is 7.11 Å². The lowest BCUT2D eigenvalue weighted by molar-refractivity contribution is 0.415. The van der Waals surface area contributed by atoms with Crippen molar-refractivity contribution in [1.29, 1.82) is 0 Å². The molecule has 0 radical (unpaired) electrons. The molecule has 0 spiro atoms. The first-order valence-corrected chi connectivity index (χ1v) is 8.29. The monoisotopic (exact) mass is 298 g/mol. The fraction of sp³-hybridized carbons (Fsp3) is 0.474. The van der Waals surface area contributed by atoms with Crippen LogP contribution in [0.5, 0.6) is 5.75 Å². The summed E-state index contributed by atoms with van der Waals surface area (Å²) in [6.45, 7) is 2.25. The first kappa shape index (κ1) is 16.5. The lowest BCUT2D eigenvalue weighted by Gasteiger charge is -2.04. The van der Waals surface area contributed by atoms with Gasteiger partial charge in [0.25, 0.3) is 0 Å². The lowest BCUT2D eigenvalue weighted by atomic mass is 10.1. The Kier molecular flexibility index (Phi) is 6.88. The predicted molar refractivity (Wildman–Crippen MR) is 91.1 cm³/mol. The molecule has 22 heavy (non-hydrogen) atoms. The summed E-state index contributed by atoms with van der Waals surface area (Å²) in [6.07, 6.45) is 12.7. The zero-order valence-electron chi connectivity index (χ0n) is 13.7. The second kappa shape index (κ2) is 9.19. The number of nitrogens with zero attached hydrogens (tertiary/aromatic N) is 2. The van der Waals surface area contributed by atoms with Gasteiger partial charge in [-0.2, -0.15) is 0 Å². The van der Waals surface area contributed by atoms with Crippen LogP contribution in [-0.4, -0.2) is 17.1 Å². The zero-order chi connectivity index (χ0) is 15.6. The van der Waals surface area contributed by atoms with E-state index in [9.17, 15) is 0 Å². The van der Waals surface area contributed by atoms with Gasteiger partial charge in [-0.3, -0.25) is 9.97 Å². The van der Waals surface area contributed by atoms with Gasteiger partial charge in [0.05, 0.1) is 24.7 Å². The molecule has 0 aliphatic carbocycles. The molecule has 1 heterocycles. The van der Waals surface area contributed by atoms with E-state index in [1.807, 2.05) is 36.7 Å². The van der Waals surface area contributed by atoms with Crippen molar-refractivity contribution in [1.82, 2.24) is 9.97 Å². The third kappa shape index (κ3) is 5.14. The van der Waals surface area contributed by atoms with Gasteiger partial charge in [-0.1, -0.05) is 39.0 Å². The Bertz CT molecular complexity index is 534. The van der Waals surface area contributed by atoms with E-state index in [2.05, 4.69) is 16.9 Å². The molecule has 0 aliphatic heterocycles. The summed E-state index contributed by atoms with van der Waals surface area (Å²) in [6, 6.07) is 7.91. The average molecular weight is 298 g/mol. The van der Waals surface area contributed by atoms with Crippen LogP contribution in [0.4, 0.5) is 0 Å². The van der Waals surface area contributed by atoms with Crippen molar-refractivity contribution in [2.45, 2.75) is 51.9 Å². The number of ether oxygens (including phenoxy) is 1. The van der Waals surface area contributed by atoms with Crippen LogP contribution in [0.1, 0.15) is 51.1 Å². The smallest absolute Gasteiger partial charge is 0.118 e. The number of benzene rings is 1. The molecule has 1 aromatic heterocycles. The van der Waals surface area contributed by atoms with Crippen LogP contribution in [0.15, 0.2) is 36.7 Å². The molecule has 0 fully saturated rings. The third-order valence-electron chi connectivity index (χ3n) is 3.88. The first-order chi connectivity index (χ1) is 10.8. The molecule has 3 heteroatoms. The summed E-state index contributed by atoms with van der Waals surface area (Å²) in [5, 5.41) is 0. The minimum atomic E-state index is 0.858. The van der Waals surface area contributed by atoms with E-state index in [1.165, 1.54) is 38.5 Å². The average Bonchev–Trinajstić information content (AvgIpc) is 2.59. The minimum Gasteiger partial charge on any atom is -0.497 e. The van der Waals surface area contributed by atoms with Crippen LogP contribution >= 0.6 is 0 Å². The van der Waals surface area contributed by atoms with Crippen molar-refractivity contribution in [3.05, 3.63) is 42.4 Å². The number of aryl methyl sites for hydroxylation is 1. The maximum Gasteiger partial charge on any atom is 0.118 e. The second-order valence-electron chi connectivity index (χ2n) is 5.64. The van der Waals surface area contributed by atoms with Gasteiger partial charge >= 0.3 is 0 Å². The van der Waals surface area contributed by atoms with E-state index >= 15 is 0 Å². The van der Waals surface area contributed by atoms with E-state index in [4.69, 9.17) is 4.74 Å². The summed E-state index contributed by atoms with van der Waals surface area (Å²) < 4.78 is 5.17. The number of methoxy groups -OCH3 is 1. The van der Waals surface area contributed by atoms with Gasteiger partial charge in [-0.05, 0) is 37.1 Å². The maximum absolute atomic E-state index is 5.17. The van der Waals surface area contributed by atoms with E-state index in [0.717, 1.165) is 29.1 Å². The fourth-order valence-corrected chi connectivity index (χ4v) is 2.48. The molecule has 0 saturated carbocycles. The van der Waals surface area contributed by atoms with Gasteiger partial charge in [0.15, 0.2) is 0 Å². The molecule has 1 aromatic carbocycles. The number of rotatable bonds is 9. The molecule has 0 N–H and O–H groups in total. The summed E-state index contributed by atoms with van der Waals surface area (Å²) in [5.74, 6) is 0.858. The number of hydrogen-bond donors (Lipinski definition) is 0. The van der Waals surface area contributed by atoms with E-state index in [-0.39, 0.29) is 0 Å². The van der Waals surface area contributed by atoms with Crippen molar-refractivity contribution in [3.63, 3.8) is 0 Å². The third-order valence-corrected chi connectivity index (χ3v) is 3.88. The van der Waals surface area contributed by atoms with Gasteiger partial charge in [-0.25, -0.2) is 0 Å². The zero-order valence-corrected chi connectivity index (χ0v) is 13.7. The van der Waals surface area contributed by atoms with Crippen LogP contribution in [-0.2, 0) is 6.42 Å². The van der Waals surface area contributed by atoms with Crippen LogP contribution in [0, 0.1) is 0 Å². The quantitative estimate of drug-likeness (QED) is 0.607. The Morgan fingerprint density at radius 1 is 0.864 bits per heavy atom. The molecule has 0 aliphatic rings. The van der Waals surface area contributed by atoms with Crippen LogP contribution in [0.25, 0.3) is 11.3 Å². The lowest BCUT2D eigenvalue weighted by Crippen LogP contribution is -1.94. The molecule has 0 atom stereocenters. The number of hydrogen-bond acceptors (Lipinski definition) is 3. The molecule has 2 rings (SSSR count). The van der Waals surface area contributed by atoms with Crippen LogP contribution in [0.3, 0.4) is 0 Å². The Balaban J connectivity index is 1.82. The van der Waals surface area contributed by atoms with Crippen LogP contribution in [0.2, 0.25) is 0 Å². The summed E-state index contributed by atoms with van der Waals surface area (Å²) in [7, 11) is 1.67. The van der Waals surface area contributed by atoms with Gasteiger partial charge in [0.1, 0.15) is 5.75 Å². The van der Waals surface area contributed by atoms with Crippen molar-refractivity contribution >= 4 is 0 Å². The van der Waals surface area contributed by atoms with Gasteiger partial charge in [0, 0.05) is 11.8 Å². The molecule has 0 amide bonds. The summed E-state index contributed by atoms with van der Waals surface area (Å²) in [4.78, 5) is 9.07. The summed E-state index contributed by atoms with van der Waals surface area (Å²) in [5.41, 5.74) is 3.07. The van der Waals surface area contributed by atoms with Gasteiger partial charge in [-0.15, -0.1) is 0 Å². The molecular weight excluding hydrogens is 272 g/mol. The SMILES string of the molecule is CCCCCCCCc1cnc(-c2ccc(OC)cc2)cn1. The normalized spacial score (nSPS) is 10.6. The Hall–Kier alpha value is -1.90. The van der Waals surface area contributed by atoms with Crippen molar-refractivity contribution < 1.29 is 4.74 Å². The van der Waals surface area contributed by atoms with Crippen molar-refractivity contribution in [2.24, 2.45) is 0 Å². The molecule has 0 bridgehead atoms. The van der Waals surface area contributed by atoms with E-state index < -0.39 is 0 Å². The molecule has 118 valence electrons. The predicted octanol–water partition coefficient (Wildman–Crippen LogP) is 5.06. The molecule has 2 aromatic rings. The Morgan fingerprint density at radius 3 is 2.23 bits per heavy atom. The molecule has 3 nitrogen and oxygen atoms in total. The van der Waals surface area contributed by atoms with Gasteiger partial charge < -0.3 is 4.74 Å². The van der Waals surface area contributed by atoms with Crippen molar-refractivity contribution in [2.75, 3.05) is 7.11 Å². The molecular formula is C19H26N2O. The first-order valence-electron chi connectivity index (χ1n) is 8.29. The second-order valence-corrected chi connectivity index (χ2v) is 5.64. The highest BCUT2D eigenvalue weighted by molar-refractivity contribution is 5.58. The van der Waals surface area contributed by atoms with Crippen molar-refractivity contribution in [3.8, 4) is 17.0 Å². The molecule has 0 unspecified atom stereocenters. The summed E-state index contributed by atoms with van der Waals surface area (Å²) >= 11 is 0. The Morgan fingerprint density at radius 2 is 1.59 bits per heavy atom. The highest BCUT2D eigenvalue weighted by atomic mass is 16.5. The number of unbranched alkanes of at least 4 members (excludes halogenated alkanes) is 5. The van der Waals surface area contributed by atoms with Gasteiger partial charge in [0.2, 0.25) is 0 Å². The fourth-order valence-electron chi connectivity index (χ4n) is 2.48. The van der Waals surface area contributed by atoms with Crippen LogP contribution < -0.4 is 4.74 Å². The topological polar surface area (TPSA) is 35.0 Å². The largest absolute Gasteiger partial charge is 0.497 e. The highest BCUT2D eigenvalue weighted by Gasteiger charge is 2.02.